The van der Waals surface area contributed by atoms with Crippen molar-refractivity contribution in [3.05, 3.63) is 40.7 Å². The Hall–Kier alpha value is -1.47. The van der Waals surface area contributed by atoms with Gasteiger partial charge in [0.05, 0.1) is 5.75 Å². The molecule has 0 saturated heterocycles. The Morgan fingerprint density at radius 1 is 1.14 bits per heavy atom. The lowest BCUT2D eigenvalue weighted by Gasteiger charge is -2.60. The van der Waals surface area contributed by atoms with Gasteiger partial charge in [-0.2, -0.15) is 0 Å². The van der Waals surface area contributed by atoms with Crippen LogP contribution in [-0.2, 0) is 11.3 Å². The molecule has 0 unspecified atom stereocenters. The average molecular weight is 432 g/mol. The summed E-state index contributed by atoms with van der Waals surface area (Å²) in [5, 5.41) is 9.13. The summed E-state index contributed by atoms with van der Waals surface area (Å²) < 4.78 is 14.3. The summed E-state index contributed by atoms with van der Waals surface area (Å²) in [6.45, 7) is 2.50. The molecule has 4 aliphatic rings. The molecule has 1 aromatic heterocycles. The van der Waals surface area contributed by atoms with E-state index < -0.39 is 0 Å². The molecule has 0 atom stereocenters. The van der Waals surface area contributed by atoms with Crippen LogP contribution in [0.5, 0.6) is 0 Å². The van der Waals surface area contributed by atoms with Crippen molar-refractivity contribution < 1.29 is 9.18 Å². The van der Waals surface area contributed by atoms with Crippen LogP contribution in [0.2, 0.25) is 0 Å². The van der Waals surface area contributed by atoms with E-state index in [0.717, 1.165) is 51.9 Å². The molecule has 0 aliphatic heterocycles. The van der Waals surface area contributed by atoms with Crippen molar-refractivity contribution in [3.63, 3.8) is 0 Å². The van der Waals surface area contributed by atoms with Gasteiger partial charge < -0.3 is 4.90 Å². The van der Waals surface area contributed by atoms with E-state index in [4.69, 9.17) is 0 Å². The monoisotopic (exact) mass is 431 g/mol. The van der Waals surface area contributed by atoms with E-state index in [9.17, 15) is 9.18 Å². The summed E-state index contributed by atoms with van der Waals surface area (Å²) >= 11 is 3.02. The topological polar surface area (TPSA) is 46.1 Å². The standard InChI is InChI=1S/C22H26FN3OS2/c1-14-24-25-21(29-14)28-13-20(27)26(12-15-2-4-19(23)5-3-15)22-9-16-6-17(10-22)8-18(7-16)11-22/h2-5,16-18H,6-13H2,1H3. The Labute approximate surface area is 179 Å². The lowest BCUT2D eigenvalue weighted by molar-refractivity contribution is -0.149. The minimum Gasteiger partial charge on any atom is -0.332 e. The summed E-state index contributed by atoms with van der Waals surface area (Å²) in [4.78, 5) is 15.7. The van der Waals surface area contributed by atoms with Crippen molar-refractivity contribution in [3.8, 4) is 0 Å². The third-order valence-corrected chi connectivity index (χ3v) is 8.92. The maximum atomic E-state index is 13.5. The number of carbonyl (C=O) groups excluding carboxylic acids is 1. The van der Waals surface area contributed by atoms with Gasteiger partial charge in [0.25, 0.3) is 0 Å². The molecule has 0 radical (unpaired) electrons. The molecule has 0 spiro atoms. The summed E-state index contributed by atoms with van der Waals surface area (Å²) in [5.41, 5.74) is 0.991. The van der Waals surface area contributed by atoms with Crippen LogP contribution >= 0.6 is 23.1 Å². The van der Waals surface area contributed by atoms with Crippen molar-refractivity contribution in [2.75, 3.05) is 5.75 Å². The van der Waals surface area contributed by atoms with Gasteiger partial charge >= 0.3 is 0 Å². The van der Waals surface area contributed by atoms with E-state index in [1.165, 1.54) is 54.5 Å². The van der Waals surface area contributed by atoms with Gasteiger partial charge in [0.2, 0.25) is 5.91 Å². The zero-order valence-corrected chi connectivity index (χ0v) is 18.3. The first-order valence-corrected chi connectivity index (χ1v) is 12.3. The van der Waals surface area contributed by atoms with E-state index in [1.807, 2.05) is 19.1 Å². The number of benzene rings is 1. The minimum absolute atomic E-state index is 0.0160. The summed E-state index contributed by atoms with van der Waals surface area (Å²) in [7, 11) is 0. The summed E-state index contributed by atoms with van der Waals surface area (Å²) in [5.74, 6) is 2.63. The molecule has 0 N–H and O–H groups in total. The second-order valence-electron chi connectivity index (χ2n) is 9.12. The summed E-state index contributed by atoms with van der Waals surface area (Å²) in [6.07, 6.45) is 7.43. The predicted octanol–water partition coefficient (Wildman–Crippen LogP) is 5.08. The second kappa shape index (κ2) is 7.65. The van der Waals surface area contributed by atoms with Crippen LogP contribution in [-0.4, -0.2) is 32.3 Å². The second-order valence-corrected chi connectivity index (χ2v) is 11.5. The number of carbonyl (C=O) groups is 1. The fraction of sp³-hybridized carbons (Fsp3) is 0.591. The molecule has 4 fully saturated rings. The average Bonchev–Trinajstić information content (AvgIpc) is 3.10. The number of rotatable bonds is 6. The van der Waals surface area contributed by atoms with Crippen molar-refractivity contribution in [1.29, 1.82) is 0 Å². The Balaban J connectivity index is 1.39. The first kappa shape index (κ1) is 19.5. The van der Waals surface area contributed by atoms with Crippen LogP contribution in [0.3, 0.4) is 0 Å². The SMILES string of the molecule is Cc1nnc(SCC(=O)N(Cc2ccc(F)cc2)C23CC4CC(CC(C4)C2)C3)s1. The fourth-order valence-electron chi connectivity index (χ4n) is 6.23. The fourth-order valence-corrected chi connectivity index (χ4v) is 7.92. The molecule has 4 aliphatic carbocycles. The molecule has 1 heterocycles. The van der Waals surface area contributed by atoms with Gasteiger partial charge in [-0.25, -0.2) is 4.39 Å². The highest BCUT2D eigenvalue weighted by atomic mass is 32.2. The first-order chi connectivity index (χ1) is 14.0. The molecule has 1 amide bonds. The highest BCUT2D eigenvalue weighted by Gasteiger charge is 2.54. The Morgan fingerprint density at radius 3 is 2.31 bits per heavy atom. The van der Waals surface area contributed by atoms with Gasteiger partial charge in [-0.15, -0.1) is 10.2 Å². The number of halogens is 1. The third-order valence-electron chi connectivity index (χ3n) is 6.96. The number of hydrogen-bond acceptors (Lipinski definition) is 5. The number of aromatic nitrogens is 2. The van der Waals surface area contributed by atoms with Gasteiger partial charge in [-0.05, 0) is 80.9 Å². The predicted molar refractivity (Wildman–Crippen MR) is 113 cm³/mol. The molecule has 4 bridgehead atoms. The molecule has 4 nitrogen and oxygen atoms in total. The third kappa shape index (κ3) is 3.96. The van der Waals surface area contributed by atoms with Crippen LogP contribution in [0.15, 0.2) is 28.6 Å². The maximum absolute atomic E-state index is 13.5. The van der Waals surface area contributed by atoms with Crippen LogP contribution in [0.25, 0.3) is 0 Å². The quantitative estimate of drug-likeness (QED) is 0.599. The molecular formula is C22H26FN3OS2. The number of amides is 1. The minimum atomic E-state index is -0.233. The highest BCUT2D eigenvalue weighted by molar-refractivity contribution is 8.01. The van der Waals surface area contributed by atoms with Gasteiger partial charge in [0, 0.05) is 12.1 Å². The van der Waals surface area contributed by atoms with Crippen molar-refractivity contribution in [2.45, 2.75) is 61.9 Å². The number of nitrogens with zero attached hydrogens (tertiary/aromatic N) is 3. The Morgan fingerprint density at radius 2 is 1.76 bits per heavy atom. The molecule has 6 rings (SSSR count). The highest BCUT2D eigenvalue weighted by Crippen LogP contribution is 2.58. The van der Waals surface area contributed by atoms with Crippen LogP contribution in [0.1, 0.15) is 49.1 Å². The smallest absolute Gasteiger partial charge is 0.233 e. The molecular weight excluding hydrogens is 405 g/mol. The Bertz CT molecular complexity index is 862. The number of hydrogen-bond donors (Lipinski definition) is 0. The van der Waals surface area contributed by atoms with Gasteiger partial charge in [0.15, 0.2) is 4.34 Å². The Kier molecular flexibility index (Phi) is 5.14. The zero-order chi connectivity index (χ0) is 20.0. The lowest BCUT2D eigenvalue weighted by atomic mass is 9.52. The van der Waals surface area contributed by atoms with E-state index in [-0.39, 0.29) is 17.3 Å². The molecule has 29 heavy (non-hydrogen) atoms. The molecule has 4 saturated carbocycles. The maximum Gasteiger partial charge on any atom is 0.233 e. The first-order valence-electron chi connectivity index (χ1n) is 10.5. The van der Waals surface area contributed by atoms with Gasteiger partial charge in [0.1, 0.15) is 10.8 Å². The molecule has 2 aromatic rings. The van der Waals surface area contributed by atoms with Crippen LogP contribution in [0, 0.1) is 30.5 Å². The van der Waals surface area contributed by atoms with E-state index >= 15 is 0 Å². The van der Waals surface area contributed by atoms with E-state index in [0.29, 0.717) is 12.3 Å². The molecule has 154 valence electrons. The summed E-state index contributed by atoms with van der Waals surface area (Å²) in [6, 6.07) is 6.63. The van der Waals surface area contributed by atoms with Crippen molar-refractivity contribution >= 4 is 29.0 Å². The van der Waals surface area contributed by atoms with Crippen LogP contribution in [0.4, 0.5) is 4.39 Å². The molecule has 1 aromatic carbocycles. The van der Waals surface area contributed by atoms with Crippen LogP contribution < -0.4 is 0 Å². The number of aryl methyl sites for hydroxylation is 1. The van der Waals surface area contributed by atoms with Crippen molar-refractivity contribution in [2.24, 2.45) is 17.8 Å². The largest absolute Gasteiger partial charge is 0.332 e. The van der Waals surface area contributed by atoms with E-state index in [2.05, 4.69) is 15.1 Å². The molecule has 7 heteroatoms. The normalized spacial score (nSPS) is 29.9. The van der Waals surface area contributed by atoms with Gasteiger partial charge in [-0.1, -0.05) is 35.2 Å². The zero-order valence-electron chi connectivity index (χ0n) is 16.6. The van der Waals surface area contributed by atoms with E-state index in [1.54, 1.807) is 0 Å². The lowest BCUT2D eigenvalue weighted by Crippen LogP contribution is -2.61. The van der Waals surface area contributed by atoms with Gasteiger partial charge in [-0.3, -0.25) is 4.79 Å². The van der Waals surface area contributed by atoms with Crippen molar-refractivity contribution in [1.82, 2.24) is 15.1 Å². The number of thioether (sulfide) groups is 1.